The van der Waals surface area contributed by atoms with E-state index in [1.54, 1.807) is 12.1 Å². The molecule has 12 nitrogen and oxygen atoms in total. The Balaban J connectivity index is 1.44. The Bertz CT molecular complexity index is 1110. The summed E-state index contributed by atoms with van der Waals surface area (Å²) in [5, 5.41) is 0. The maximum atomic E-state index is 12.9. The monoisotopic (exact) mass is 445 g/mol. The Morgan fingerprint density at radius 1 is 1.22 bits per heavy atom. The van der Waals surface area contributed by atoms with Crippen molar-refractivity contribution in [1.29, 1.82) is 0 Å². The van der Waals surface area contributed by atoms with E-state index in [2.05, 4.69) is 10.2 Å². The predicted molar refractivity (Wildman–Crippen MR) is 106 cm³/mol. The molecule has 168 valence electrons. The van der Waals surface area contributed by atoms with Crippen molar-refractivity contribution in [1.82, 2.24) is 9.58 Å². The van der Waals surface area contributed by atoms with Gasteiger partial charge in [-0.05, 0) is 12.1 Å². The average Bonchev–Trinajstić information content (AvgIpc) is 2.80. The largest absolute Gasteiger partial charge is 0.516 e. The van der Waals surface area contributed by atoms with Crippen LogP contribution in [-0.4, -0.2) is 67.4 Å². The van der Waals surface area contributed by atoms with E-state index in [9.17, 15) is 19.2 Å². The second-order valence-corrected chi connectivity index (χ2v) is 6.69. The van der Waals surface area contributed by atoms with Crippen LogP contribution in [0.4, 0.5) is 4.79 Å². The number of rotatable bonds is 5. The van der Waals surface area contributed by atoms with Crippen molar-refractivity contribution in [2.75, 3.05) is 39.1 Å². The molecule has 0 unspecified atom stereocenters. The minimum Gasteiger partial charge on any atom is -0.465 e. The maximum Gasteiger partial charge on any atom is 0.516 e. The van der Waals surface area contributed by atoms with Crippen molar-refractivity contribution in [3.63, 3.8) is 0 Å². The molecule has 1 fully saturated rings. The number of nitrogens with one attached hydrogen (secondary N) is 1. The Morgan fingerprint density at radius 2 is 2.03 bits per heavy atom. The number of benzene rings is 1. The third-order valence-electron chi connectivity index (χ3n) is 4.80. The second-order valence-electron chi connectivity index (χ2n) is 6.69. The van der Waals surface area contributed by atoms with Gasteiger partial charge in [0.1, 0.15) is 17.5 Å². The number of fused-ring (bicyclic) bond motifs is 2. The van der Waals surface area contributed by atoms with Gasteiger partial charge in [0.15, 0.2) is 5.69 Å². The quantitative estimate of drug-likeness (QED) is 0.395. The summed E-state index contributed by atoms with van der Waals surface area (Å²) in [5.41, 5.74) is 2.49. The van der Waals surface area contributed by atoms with Crippen LogP contribution in [-0.2, 0) is 14.2 Å². The Labute approximate surface area is 181 Å². The SMILES string of the molecule is COC(=O)c1ccccc1OC(=O)OCOc1c2n(ccc1=O)N[C@@H]1COCCN1C2=O. The van der Waals surface area contributed by atoms with Gasteiger partial charge in [-0.25, -0.2) is 9.59 Å². The zero-order valence-corrected chi connectivity index (χ0v) is 16.9. The van der Waals surface area contributed by atoms with Gasteiger partial charge >= 0.3 is 12.1 Å². The number of hydrogen-bond acceptors (Lipinski definition) is 10. The Morgan fingerprint density at radius 3 is 2.84 bits per heavy atom. The van der Waals surface area contributed by atoms with Crippen LogP contribution < -0.4 is 20.3 Å². The number of carbonyl (C=O) groups excluding carboxylic acids is 3. The molecule has 1 N–H and O–H groups in total. The highest BCUT2D eigenvalue weighted by molar-refractivity contribution is 5.96. The molecule has 0 bridgehead atoms. The lowest BCUT2D eigenvalue weighted by Gasteiger charge is -2.41. The van der Waals surface area contributed by atoms with Crippen LogP contribution in [0.15, 0.2) is 41.3 Å². The maximum absolute atomic E-state index is 12.9. The van der Waals surface area contributed by atoms with E-state index < -0.39 is 30.3 Å². The van der Waals surface area contributed by atoms with Crippen molar-refractivity contribution in [3.8, 4) is 11.5 Å². The lowest BCUT2D eigenvalue weighted by Crippen LogP contribution is -2.59. The van der Waals surface area contributed by atoms with E-state index in [1.165, 1.54) is 41.1 Å². The molecule has 2 aromatic rings. The number of hydrogen-bond donors (Lipinski definition) is 1. The lowest BCUT2D eigenvalue weighted by atomic mass is 10.2. The molecular formula is C20H19N3O9. The highest BCUT2D eigenvalue weighted by atomic mass is 16.8. The number of morpholine rings is 1. The molecule has 12 heteroatoms. The van der Waals surface area contributed by atoms with Gasteiger partial charge < -0.3 is 34.0 Å². The molecule has 3 heterocycles. The molecule has 0 spiro atoms. The third-order valence-corrected chi connectivity index (χ3v) is 4.80. The first-order chi connectivity index (χ1) is 15.5. The molecule has 1 aromatic carbocycles. The van der Waals surface area contributed by atoms with Crippen molar-refractivity contribution in [3.05, 3.63) is 58.0 Å². The summed E-state index contributed by atoms with van der Waals surface area (Å²) in [6.07, 6.45) is -0.142. The molecule has 0 saturated carbocycles. The molecular weight excluding hydrogens is 426 g/mol. The van der Waals surface area contributed by atoms with Gasteiger partial charge in [-0.1, -0.05) is 12.1 Å². The standard InChI is InChI=1S/C20H19N3O9/c1-28-19(26)12-4-2-3-5-14(12)32-20(27)31-11-30-17-13(24)6-7-23-16(17)18(25)22-8-9-29-10-15(22)21-23/h2-7,15,21H,8-11H2,1H3/t15-/m0/s1. The van der Waals surface area contributed by atoms with Crippen LogP contribution in [0.25, 0.3) is 0 Å². The summed E-state index contributed by atoms with van der Waals surface area (Å²) < 4.78 is 26.6. The van der Waals surface area contributed by atoms with Gasteiger partial charge in [-0.2, -0.15) is 0 Å². The van der Waals surface area contributed by atoms with Gasteiger partial charge in [0, 0.05) is 18.8 Å². The van der Waals surface area contributed by atoms with Crippen LogP contribution in [0.3, 0.4) is 0 Å². The summed E-state index contributed by atoms with van der Waals surface area (Å²) >= 11 is 0. The van der Waals surface area contributed by atoms with Crippen molar-refractivity contribution in [2.24, 2.45) is 0 Å². The number of pyridine rings is 1. The van der Waals surface area contributed by atoms with E-state index in [0.29, 0.717) is 19.8 Å². The van der Waals surface area contributed by atoms with E-state index >= 15 is 0 Å². The predicted octanol–water partition coefficient (Wildman–Crippen LogP) is 0.542. The van der Waals surface area contributed by atoms with Crippen molar-refractivity contribution < 1.29 is 38.1 Å². The molecule has 4 rings (SSSR count). The smallest absolute Gasteiger partial charge is 0.465 e. The molecule has 0 aliphatic carbocycles. The number of aromatic nitrogens is 1. The lowest BCUT2D eigenvalue weighted by molar-refractivity contribution is -0.00425. The number of amides is 1. The third kappa shape index (κ3) is 4.07. The van der Waals surface area contributed by atoms with E-state index in [4.69, 9.17) is 18.9 Å². The topological polar surface area (TPSA) is 135 Å². The van der Waals surface area contributed by atoms with E-state index in [-0.39, 0.29) is 28.9 Å². The number of ether oxygens (including phenoxy) is 5. The fraction of sp³-hybridized carbons (Fsp3) is 0.300. The van der Waals surface area contributed by atoms with Gasteiger partial charge in [-0.15, -0.1) is 0 Å². The molecule has 32 heavy (non-hydrogen) atoms. The molecule has 2 aliphatic rings. The van der Waals surface area contributed by atoms with Crippen LogP contribution in [0.5, 0.6) is 11.5 Å². The second kappa shape index (κ2) is 8.98. The minimum absolute atomic E-state index is 0.0244. The van der Waals surface area contributed by atoms with Gasteiger partial charge in [0.05, 0.1) is 20.3 Å². The highest BCUT2D eigenvalue weighted by Gasteiger charge is 2.37. The zero-order chi connectivity index (χ0) is 22.7. The number of para-hydroxylation sites is 1. The number of nitrogens with zero attached hydrogens (tertiary/aromatic N) is 2. The van der Waals surface area contributed by atoms with Crippen LogP contribution >= 0.6 is 0 Å². The first-order valence-electron chi connectivity index (χ1n) is 9.55. The van der Waals surface area contributed by atoms with Crippen LogP contribution in [0, 0.1) is 0 Å². The van der Waals surface area contributed by atoms with Crippen molar-refractivity contribution in [2.45, 2.75) is 6.17 Å². The van der Waals surface area contributed by atoms with E-state index in [1.807, 2.05) is 0 Å². The van der Waals surface area contributed by atoms with Crippen LogP contribution in [0.1, 0.15) is 20.8 Å². The van der Waals surface area contributed by atoms with Gasteiger partial charge in [0.25, 0.3) is 5.91 Å². The molecule has 1 amide bonds. The van der Waals surface area contributed by atoms with Gasteiger partial charge in [-0.3, -0.25) is 14.3 Å². The summed E-state index contributed by atoms with van der Waals surface area (Å²) in [6, 6.07) is 7.14. The van der Waals surface area contributed by atoms with Crippen LogP contribution in [0.2, 0.25) is 0 Å². The Hall–Kier alpha value is -4.06. The summed E-state index contributed by atoms with van der Waals surface area (Å²) in [4.78, 5) is 50.6. The van der Waals surface area contributed by atoms with E-state index in [0.717, 1.165) is 0 Å². The Kier molecular flexibility index (Phi) is 5.94. The average molecular weight is 445 g/mol. The molecule has 2 aliphatic heterocycles. The fourth-order valence-corrected chi connectivity index (χ4v) is 3.31. The minimum atomic E-state index is -1.18. The highest BCUT2D eigenvalue weighted by Crippen LogP contribution is 2.23. The van der Waals surface area contributed by atoms with Gasteiger partial charge in [0.2, 0.25) is 18.0 Å². The van der Waals surface area contributed by atoms with Crippen molar-refractivity contribution >= 4 is 18.0 Å². The number of esters is 1. The summed E-state index contributed by atoms with van der Waals surface area (Å²) in [7, 11) is 1.19. The summed E-state index contributed by atoms with van der Waals surface area (Å²) in [5.74, 6) is -1.46. The molecule has 1 saturated heterocycles. The number of carbonyl (C=O) groups is 3. The zero-order valence-electron chi connectivity index (χ0n) is 16.9. The first-order valence-corrected chi connectivity index (χ1v) is 9.55. The molecule has 1 aromatic heterocycles. The molecule has 0 radical (unpaired) electrons. The molecule has 1 atom stereocenters. The first kappa shape index (κ1) is 21.2. The normalized spacial score (nSPS) is 16.8. The summed E-state index contributed by atoms with van der Waals surface area (Å²) in [6.45, 7) is 0.321. The number of methoxy groups -OCH3 is 1. The fourth-order valence-electron chi connectivity index (χ4n) is 3.31.